The zero-order valence-electron chi connectivity index (χ0n) is 15.0. The molecular formula is C20H16N2O7. The second-order valence-corrected chi connectivity index (χ2v) is 5.86. The van der Waals surface area contributed by atoms with Gasteiger partial charge in [-0.25, -0.2) is 9.59 Å². The number of carbonyl (C=O) groups is 4. The summed E-state index contributed by atoms with van der Waals surface area (Å²) in [7, 11) is 0. The second-order valence-electron chi connectivity index (χ2n) is 5.86. The summed E-state index contributed by atoms with van der Waals surface area (Å²) < 4.78 is 11.0. The van der Waals surface area contributed by atoms with Gasteiger partial charge >= 0.3 is 12.0 Å². The minimum Gasteiger partial charge on any atom is -0.490 e. The molecular weight excluding hydrogens is 380 g/mol. The molecule has 0 atom stereocenters. The lowest BCUT2D eigenvalue weighted by molar-refractivity contribution is -0.123. The van der Waals surface area contributed by atoms with Gasteiger partial charge < -0.3 is 14.6 Å². The van der Waals surface area contributed by atoms with E-state index in [9.17, 15) is 19.2 Å². The molecule has 1 saturated heterocycles. The highest BCUT2D eigenvalue weighted by Crippen LogP contribution is 2.18. The van der Waals surface area contributed by atoms with E-state index in [2.05, 4.69) is 0 Å². The Morgan fingerprint density at radius 1 is 0.897 bits per heavy atom. The SMILES string of the molecule is O=C1NC(=O)C(=Cc2ccc(OCCOc3ccccc3C(=O)O)cc2)C(=O)N1. The van der Waals surface area contributed by atoms with Gasteiger partial charge in [-0.1, -0.05) is 24.3 Å². The van der Waals surface area contributed by atoms with Crippen LogP contribution in [-0.4, -0.2) is 42.1 Å². The zero-order valence-corrected chi connectivity index (χ0v) is 15.0. The fourth-order valence-corrected chi connectivity index (χ4v) is 2.51. The van der Waals surface area contributed by atoms with Gasteiger partial charge in [0.2, 0.25) is 0 Å². The van der Waals surface area contributed by atoms with Gasteiger partial charge in [-0.3, -0.25) is 20.2 Å². The molecule has 2 aromatic rings. The first-order valence-electron chi connectivity index (χ1n) is 8.50. The van der Waals surface area contributed by atoms with E-state index in [1.165, 1.54) is 12.1 Å². The Labute approximate surface area is 164 Å². The molecule has 0 spiro atoms. The average Bonchev–Trinajstić information content (AvgIpc) is 2.69. The number of barbiturate groups is 1. The van der Waals surface area contributed by atoms with Crippen LogP contribution in [0.2, 0.25) is 0 Å². The molecule has 29 heavy (non-hydrogen) atoms. The Morgan fingerprint density at radius 3 is 2.17 bits per heavy atom. The number of para-hydroxylation sites is 1. The number of aromatic carboxylic acids is 1. The van der Waals surface area contributed by atoms with E-state index in [0.29, 0.717) is 11.3 Å². The summed E-state index contributed by atoms with van der Waals surface area (Å²) in [5, 5.41) is 13.1. The number of ether oxygens (including phenoxy) is 2. The summed E-state index contributed by atoms with van der Waals surface area (Å²) in [5.74, 6) is -1.82. The van der Waals surface area contributed by atoms with Crippen LogP contribution in [0.1, 0.15) is 15.9 Å². The Bertz CT molecular complexity index is 974. The number of nitrogens with one attached hydrogen (secondary N) is 2. The smallest absolute Gasteiger partial charge is 0.339 e. The van der Waals surface area contributed by atoms with E-state index in [1.54, 1.807) is 42.5 Å². The largest absolute Gasteiger partial charge is 0.490 e. The van der Waals surface area contributed by atoms with E-state index in [-0.39, 0.29) is 30.1 Å². The number of urea groups is 1. The highest BCUT2D eigenvalue weighted by molar-refractivity contribution is 6.31. The van der Waals surface area contributed by atoms with Gasteiger partial charge in [-0.15, -0.1) is 0 Å². The van der Waals surface area contributed by atoms with Crippen molar-refractivity contribution in [3.05, 3.63) is 65.2 Å². The van der Waals surface area contributed by atoms with Gasteiger partial charge in [-0.05, 0) is 35.9 Å². The van der Waals surface area contributed by atoms with Gasteiger partial charge in [0.25, 0.3) is 11.8 Å². The predicted molar refractivity (Wildman–Crippen MR) is 100 cm³/mol. The third-order valence-electron chi connectivity index (χ3n) is 3.86. The molecule has 9 nitrogen and oxygen atoms in total. The molecule has 1 fully saturated rings. The number of carbonyl (C=O) groups excluding carboxylic acids is 3. The normalized spacial score (nSPS) is 13.4. The van der Waals surface area contributed by atoms with E-state index in [4.69, 9.17) is 14.6 Å². The van der Waals surface area contributed by atoms with E-state index >= 15 is 0 Å². The first-order valence-corrected chi connectivity index (χ1v) is 8.50. The van der Waals surface area contributed by atoms with Crippen LogP contribution in [0.25, 0.3) is 6.08 Å². The highest BCUT2D eigenvalue weighted by Gasteiger charge is 2.27. The maximum atomic E-state index is 11.7. The molecule has 2 aromatic carbocycles. The van der Waals surface area contributed by atoms with Crippen LogP contribution in [0.3, 0.4) is 0 Å². The maximum Gasteiger partial charge on any atom is 0.339 e. The molecule has 0 radical (unpaired) electrons. The molecule has 4 amide bonds. The van der Waals surface area contributed by atoms with E-state index in [1.807, 2.05) is 10.6 Å². The van der Waals surface area contributed by atoms with Crippen LogP contribution in [0.5, 0.6) is 11.5 Å². The Hall–Kier alpha value is -4.14. The third-order valence-corrected chi connectivity index (χ3v) is 3.86. The average molecular weight is 396 g/mol. The van der Waals surface area contributed by atoms with Crippen molar-refractivity contribution in [2.75, 3.05) is 13.2 Å². The topological polar surface area (TPSA) is 131 Å². The molecule has 0 bridgehead atoms. The van der Waals surface area contributed by atoms with Crippen molar-refractivity contribution in [1.29, 1.82) is 0 Å². The number of amides is 4. The fraction of sp³-hybridized carbons (Fsp3) is 0.100. The Balaban J connectivity index is 1.54. The number of benzene rings is 2. The molecule has 0 aromatic heterocycles. The molecule has 9 heteroatoms. The van der Waals surface area contributed by atoms with Crippen LogP contribution in [0.4, 0.5) is 4.79 Å². The predicted octanol–water partition coefficient (Wildman–Crippen LogP) is 1.59. The van der Waals surface area contributed by atoms with Crippen molar-refractivity contribution >= 4 is 29.9 Å². The van der Waals surface area contributed by atoms with E-state index < -0.39 is 23.8 Å². The molecule has 148 valence electrons. The number of carboxylic acid groups (broad SMARTS) is 1. The molecule has 1 heterocycles. The molecule has 3 rings (SSSR count). The number of hydrogen-bond acceptors (Lipinski definition) is 6. The van der Waals surface area contributed by atoms with Crippen molar-refractivity contribution < 1.29 is 33.8 Å². The molecule has 0 unspecified atom stereocenters. The van der Waals surface area contributed by atoms with Crippen molar-refractivity contribution in [2.45, 2.75) is 0 Å². The monoisotopic (exact) mass is 396 g/mol. The van der Waals surface area contributed by atoms with Crippen molar-refractivity contribution in [3.8, 4) is 11.5 Å². The quantitative estimate of drug-likeness (QED) is 0.368. The first kappa shape index (κ1) is 19.6. The van der Waals surface area contributed by atoms with Crippen LogP contribution in [-0.2, 0) is 9.59 Å². The maximum absolute atomic E-state index is 11.7. The summed E-state index contributed by atoms with van der Waals surface area (Å²) in [6, 6.07) is 12.0. The van der Waals surface area contributed by atoms with Crippen LogP contribution in [0, 0.1) is 0 Å². The van der Waals surface area contributed by atoms with Crippen molar-refractivity contribution in [2.24, 2.45) is 0 Å². The molecule has 1 aliphatic rings. The van der Waals surface area contributed by atoms with E-state index in [0.717, 1.165) is 0 Å². The van der Waals surface area contributed by atoms with Gasteiger partial charge in [0.15, 0.2) is 0 Å². The highest BCUT2D eigenvalue weighted by atomic mass is 16.5. The minimum absolute atomic E-state index is 0.0716. The van der Waals surface area contributed by atoms with Gasteiger partial charge in [0.05, 0.1) is 0 Å². The molecule has 0 saturated carbocycles. The summed E-state index contributed by atoms with van der Waals surface area (Å²) in [6.45, 7) is 0.325. The standard InChI is InChI=1S/C20H16N2O7/c23-17-15(18(24)22-20(27)21-17)11-12-5-7-13(8-6-12)28-9-10-29-16-4-2-1-3-14(16)19(25)26/h1-8,11H,9-10H2,(H,25,26)(H2,21,22,23,24,27). The van der Waals surface area contributed by atoms with Gasteiger partial charge in [0, 0.05) is 0 Å². The lowest BCUT2D eigenvalue weighted by Crippen LogP contribution is -2.51. The lowest BCUT2D eigenvalue weighted by atomic mass is 10.1. The third kappa shape index (κ3) is 4.98. The molecule has 1 aliphatic heterocycles. The second kappa shape index (κ2) is 8.70. The zero-order chi connectivity index (χ0) is 20.8. The number of imide groups is 2. The molecule has 0 aliphatic carbocycles. The van der Waals surface area contributed by atoms with Gasteiger partial charge in [0.1, 0.15) is 35.8 Å². The van der Waals surface area contributed by atoms with Crippen LogP contribution in [0.15, 0.2) is 54.1 Å². The van der Waals surface area contributed by atoms with Crippen LogP contribution < -0.4 is 20.1 Å². The van der Waals surface area contributed by atoms with Crippen molar-refractivity contribution in [1.82, 2.24) is 10.6 Å². The first-order chi connectivity index (χ1) is 13.9. The van der Waals surface area contributed by atoms with Gasteiger partial charge in [-0.2, -0.15) is 0 Å². The number of rotatable bonds is 7. The summed E-state index contributed by atoms with van der Waals surface area (Å²) >= 11 is 0. The number of hydrogen-bond donors (Lipinski definition) is 3. The minimum atomic E-state index is -1.07. The number of carboxylic acids is 1. The summed E-state index contributed by atoms with van der Waals surface area (Å²) in [5.41, 5.74) is 0.463. The summed E-state index contributed by atoms with van der Waals surface area (Å²) in [6.07, 6.45) is 1.35. The summed E-state index contributed by atoms with van der Waals surface area (Å²) in [4.78, 5) is 45.6. The Morgan fingerprint density at radius 2 is 1.52 bits per heavy atom. The Kier molecular flexibility index (Phi) is 5.88. The molecule has 3 N–H and O–H groups in total. The lowest BCUT2D eigenvalue weighted by Gasteiger charge is -2.14. The fourth-order valence-electron chi connectivity index (χ4n) is 2.51. The van der Waals surface area contributed by atoms with Crippen molar-refractivity contribution in [3.63, 3.8) is 0 Å². The van der Waals surface area contributed by atoms with Crippen LogP contribution >= 0.6 is 0 Å².